The molecule has 130 valence electrons. The first-order chi connectivity index (χ1) is 11.5. The average molecular weight is 330 g/mol. The molecule has 0 fully saturated rings. The van der Waals surface area contributed by atoms with Crippen molar-refractivity contribution in [2.24, 2.45) is 0 Å². The molecule has 0 aliphatic carbocycles. The molecule has 1 aliphatic heterocycles. The lowest BCUT2D eigenvalue weighted by atomic mass is 9.97. The summed E-state index contributed by atoms with van der Waals surface area (Å²) in [5.41, 5.74) is 1.05. The van der Waals surface area contributed by atoms with E-state index in [0.717, 1.165) is 31.6 Å². The molecule has 5 heteroatoms. The zero-order valence-corrected chi connectivity index (χ0v) is 14.7. The molecule has 1 aliphatic rings. The van der Waals surface area contributed by atoms with Gasteiger partial charge in [-0.3, -0.25) is 9.59 Å². The van der Waals surface area contributed by atoms with Gasteiger partial charge in [0.15, 0.2) is 11.5 Å². The smallest absolute Gasteiger partial charge is 0.290 e. The number of carbonyl (C=O) groups is 2. The van der Waals surface area contributed by atoms with Crippen LogP contribution in [0.2, 0.25) is 0 Å². The molecule has 0 aromatic heterocycles. The van der Waals surface area contributed by atoms with Crippen LogP contribution in [0.3, 0.4) is 0 Å². The summed E-state index contributed by atoms with van der Waals surface area (Å²) in [7, 11) is 0. The summed E-state index contributed by atoms with van der Waals surface area (Å²) in [6.45, 7) is 8.94. The van der Waals surface area contributed by atoms with Gasteiger partial charge in [0, 0.05) is 6.54 Å². The Balaban J connectivity index is 2.23. The van der Waals surface area contributed by atoms with Crippen molar-refractivity contribution in [1.82, 2.24) is 9.80 Å². The van der Waals surface area contributed by atoms with Crippen molar-refractivity contribution in [3.05, 3.63) is 47.2 Å². The normalized spacial score (nSPS) is 17.9. The number of hydrogen-bond acceptors (Lipinski definition) is 4. The minimum Gasteiger partial charge on any atom is -0.503 e. The van der Waals surface area contributed by atoms with Crippen molar-refractivity contribution < 1.29 is 14.7 Å². The van der Waals surface area contributed by atoms with Crippen LogP contribution in [0, 0.1) is 0 Å². The highest BCUT2D eigenvalue weighted by Crippen LogP contribution is 2.37. The van der Waals surface area contributed by atoms with Gasteiger partial charge in [-0.2, -0.15) is 0 Å². The van der Waals surface area contributed by atoms with E-state index in [0.29, 0.717) is 6.54 Å². The zero-order chi connectivity index (χ0) is 17.7. The minimum atomic E-state index is -0.493. The summed E-state index contributed by atoms with van der Waals surface area (Å²) in [4.78, 5) is 28.4. The number of ketones is 1. The number of hydrogen-bond donors (Lipinski definition) is 1. The Labute approximate surface area is 143 Å². The van der Waals surface area contributed by atoms with Gasteiger partial charge in [0.05, 0.1) is 11.6 Å². The van der Waals surface area contributed by atoms with Gasteiger partial charge in [-0.25, -0.2) is 0 Å². The van der Waals surface area contributed by atoms with Crippen LogP contribution in [0.4, 0.5) is 0 Å². The van der Waals surface area contributed by atoms with Crippen LogP contribution in [0.25, 0.3) is 0 Å². The average Bonchev–Trinajstić information content (AvgIpc) is 2.84. The van der Waals surface area contributed by atoms with Gasteiger partial charge >= 0.3 is 0 Å². The second-order valence-corrected chi connectivity index (χ2v) is 6.01. The van der Waals surface area contributed by atoms with Crippen LogP contribution >= 0.6 is 0 Å². The first-order valence-electron chi connectivity index (χ1n) is 8.53. The molecule has 1 N–H and O–H groups in total. The van der Waals surface area contributed by atoms with E-state index in [1.54, 1.807) is 4.90 Å². The van der Waals surface area contributed by atoms with E-state index >= 15 is 0 Å². The summed E-state index contributed by atoms with van der Waals surface area (Å²) < 4.78 is 0. The Morgan fingerprint density at radius 2 is 1.83 bits per heavy atom. The fourth-order valence-corrected chi connectivity index (χ4v) is 3.23. The van der Waals surface area contributed by atoms with Crippen LogP contribution in [-0.2, 0) is 9.59 Å². The third-order valence-corrected chi connectivity index (χ3v) is 4.57. The zero-order valence-electron chi connectivity index (χ0n) is 14.7. The van der Waals surface area contributed by atoms with Crippen molar-refractivity contribution in [2.75, 3.05) is 26.2 Å². The number of benzene rings is 1. The molecule has 1 heterocycles. The topological polar surface area (TPSA) is 60.9 Å². The van der Waals surface area contributed by atoms with Crippen LogP contribution in [0.1, 0.15) is 38.8 Å². The number of carbonyl (C=O) groups excluding carboxylic acids is 2. The standard InChI is InChI=1S/C19H26N2O3/c1-4-20(5-2)12-9-13-21-17(15-10-7-6-8-11-15)16(14(3)22)18(23)19(21)24/h6-8,10-11,17,23H,4-5,9,12-13H2,1-3H3/t17-/m1/s1. The first-order valence-corrected chi connectivity index (χ1v) is 8.53. The van der Waals surface area contributed by atoms with Gasteiger partial charge in [0.2, 0.25) is 0 Å². The predicted octanol–water partition coefficient (Wildman–Crippen LogP) is 2.70. The van der Waals surface area contributed by atoms with Crippen molar-refractivity contribution in [2.45, 2.75) is 33.2 Å². The number of nitrogens with zero attached hydrogens (tertiary/aromatic N) is 2. The number of rotatable bonds is 8. The second-order valence-electron chi connectivity index (χ2n) is 6.01. The molecule has 1 aromatic carbocycles. The van der Waals surface area contributed by atoms with Crippen molar-refractivity contribution in [3.8, 4) is 0 Å². The molecule has 0 saturated carbocycles. The third-order valence-electron chi connectivity index (χ3n) is 4.57. The van der Waals surface area contributed by atoms with E-state index in [1.807, 2.05) is 30.3 Å². The molecule has 1 atom stereocenters. The maximum Gasteiger partial charge on any atom is 0.290 e. The van der Waals surface area contributed by atoms with Crippen molar-refractivity contribution in [1.29, 1.82) is 0 Å². The van der Waals surface area contributed by atoms with Gasteiger partial charge in [0.1, 0.15) is 0 Å². The van der Waals surface area contributed by atoms with E-state index in [4.69, 9.17) is 0 Å². The van der Waals surface area contributed by atoms with Crippen molar-refractivity contribution >= 4 is 11.7 Å². The fourth-order valence-electron chi connectivity index (χ4n) is 3.23. The Morgan fingerprint density at radius 1 is 1.21 bits per heavy atom. The molecular formula is C19H26N2O3. The van der Waals surface area contributed by atoms with E-state index in [9.17, 15) is 14.7 Å². The maximum atomic E-state index is 12.5. The van der Waals surface area contributed by atoms with Gasteiger partial charge < -0.3 is 14.9 Å². The summed E-state index contributed by atoms with van der Waals surface area (Å²) in [5.74, 6) is -1.12. The monoisotopic (exact) mass is 330 g/mol. The summed E-state index contributed by atoms with van der Waals surface area (Å²) >= 11 is 0. The molecule has 0 saturated heterocycles. The van der Waals surface area contributed by atoms with Crippen molar-refractivity contribution in [3.63, 3.8) is 0 Å². The Morgan fingerprint density at radius 3 is 2.38 bits per heavy atom. The van der Waals surface area contributed by atoms with Crippen LogP contribution in [-0.4, -0.2) is 52.8 Å². The SMILES string of the molecule is CCN(CC)CCCN1C(=O)C(O)=C(C(C)=O)[C@H]1c1ccccc1. The molecule has 1 amide bonds. The molecule has 0 unspecified atom stereocenters. The lowest BCUT2D eigenvalue weighted by Crippen LogP contribution is -2.34. The summed E-state index contributed by atoms with van der Waals surface area (Å²) in [6, 6.07) is 8.92. The summed E-state index contributed by atoms with van der Waals surface area (Å²) in [5, 5.41) is 10.2. The number of amides is 1. The van der Waals surface area contributed by atoms with Gasteiger partial charge in [-0.05, 0) is 38.5 Å². The van der Waals surface area contributed by atoms with Gasteiger partial charge in [0.25, 0.3) is 5.91 Å². The quantitative estimate of drug-likeness (QED) is 0.796. The first kappa shape index (κ1) is 18.2. The largest absolute Gasteiger partial charge is 0.503 e. The number of aliphatic hydroxyl groups excluding tert-OH is 1. The van der Waals surface area contributed by atoms with Gasteiger partial charge in [-0.15, -0.1) is 0 Å². The van der Waals surface area contributed by atoms with Crippen LogP contribution in [0.15, 0.2) is 41.7 Å². The van der Waals surface area contributed by atoms with Gasteiger partial charge in [-0.1, -0.05) is 44.2 Å². The lowest BCUT2D eigenvalue weighted by Gasteiger charge is -2.27. The highest BCUT2D eigenvalue weighted by molar-refractivity contribution is 6.08. The molecule has 2 rings (SSSR count). The molecule has 5 nitrogen and oxygen atoms in total. The maximum absolute atomic E-state index is 12.5. The molecule has 0 spiro atoms. The third kappa shape index (κ3) is 3.67. The Hall–Kier alpha value is -2.14. The van der Waals surface area contributed by atoms with E-state index in [-0.39, 0.29) is 11.4 Å². The summed E-state index contributed by atoms with van der Waals surface area (Å²) in [6.07, 6.45) is 0.801. The minimum absolute atomic E-state index is 0.203. The van der Waals surface area contributed by atoms with Crippen LogP contribution < -0.4 is 0 Å². The second kappa shape index (κ2) is 8.11. The number of aliphatic hydroxyl groups is 1. The lowest BCUT2D eigenvalue weighted by molar-refractivity contribution is -0.129. The molecule has 24 heavy (non-hydrogen) atoms. The van der Waals surface area contributed by atoms with Crippen LogP contribution in [0.5, 0.6) is 0 Å². The molecular weight excluding hydrogens is 304 g/mol. The Kier molecular flexibility index (Phi) is 6.15. The van der Waals surface area contributed by atoms with E-state index in [2.05, 4.69) is 18.7 Å². The molecule has 0 radical (unpaired) electrons. The highest BCUT2D eigenvalue weighted by atomic mass is 16.3. The number of Topliss-reactive ketones (excluding diaryl/α,β-unsaturated/α-hetero) is 1. The fraction of sp³-hybridized carbons (Fsp3) is 0.474. The molecule has 1 aromatic rings. The highest BCUT2D eigenvalue weighted by Gasteiger charge is 2.41. The predicted molar refractivity (Wildman–Crippen MR) is 93.6 cm³/mol. The van der Waals surface area contributed by atoms with E-state index < -0.39 is 17.7 Å². The molecule has 0 bridgehead atoms. The van der Waals surface area contributed by atoms with E-state index in [1.165, 1.54) is 6.92 Å². The Bertz CT molecular complexity index is 621.